The van der Waals surface area contributed by atoms with Crippen molar-refractivity contribution in [2.45, 2.75) is 39.3 Å². The van der Waals surface area contributed by atoms with Crippen LogP contribution in [0.1, 0.15) is 26.3 Å². The summed E-state index contributed by atoms with van der Waals surface area (Å²) in [5.41, 5.74) is 1.04. The van der Waals surface area contributed by atoms with Gasteiger partial charge in [-0.2, -0.15) is 0 Å². The van der Waals surface area contributed by atoms with E-state index in [-0.39, 0.29) is 12.5 Å². The number of nitrogens with one attached hydrogen (secondary N) is 1. The van der Waals surface area contributed by atoms with Crippen LogP contribution in [-0.2, 0) is 9.53 Å². The molecule has 1 aliphatic heterocycles. The zero-order chi connectivity index (χ0) is 16.5. The number of carbonyl (C=O) groups excluding carboxylic acids is 2. The number of anilines is 1. The number of hydrogen-bond acceptors (Lipinski definition) is 4. The third-order valence-electron chi connectivity index (χ3n) is 3.26. The number of nitrogens with zero attached hydrogens (tertiary/aromatic N) is 1. The van der Waals surface area contributed by atoms with Crippen molar-refractivity contribution in [3.05, 3.63) is 23.8 Å². The van der Waals surface area contributed by atoms with Crippen LogP contribution < -0.4 is 15.0 Å². The van der Waals surface area contributed by atoms with Crippen LogP contribution in [0.4, 0.5) is 10.5 Å². The highest BCUT2D eigenvalue weighted by molar-refractivity contribution is 6.00. The van der Waals surface area contributed by atoms with Gasteiger partial charge < -0.3 is 19.7 Å². The van der Waals surface area contributed by atoms with Crippen LogP contribution in [0.5, 0.6) is 5.75 Å². The largest absolute Gasteiger partial charge is 0.489 e. The molecule has 0 fully saturated rings. The van der Waals surface area contributed by atoms with E-state index in [4.69, 9.17) is 9.47 Å². The molecule has 6 heteroatoms. The van der Waals surface area contributed by atoms with E-state index in [0.717, 1.165) is 11.3 Å². The summed E-state index contributed by atoms with van der Waals surface area (Å²) in [7, 11) is 1.67. The Kier molecular flexibility index (Phi) is 4.30. The minimum Gasteiger partial charge on any atom is -0.489 e. The summed E-state index contributed by atoms with van der Waals surface area (Å²) < 4.78 is 10.9. The van der Waals surface area contributed by atoms with E-state index in [9.17, 15) is 9.59 Å². The molecule has 1 aromatic carbocycles. The van der Waals surface area contributed by atoms with Gasteiger partial charge in [-0.05, 0) is 39.3 Å². The number of para-hydroxylation sites is 1. The van der Waals surface area contributed by atoms with Gasteiger partial charge in [-0.25, -0.2) is 4.79 Å². The standard InChI is InChI=1S/C16H22N2O4/c1-10-7-6-8-12-13(10)18(5)14(19)11(9-21-12)17-15(20)22-16(2,3)4/h6-8,11H,9H2,1-5H3,(H,17,20)/t11-/m0/s1. The molecule has 0 bridgehead atoms. The molecule has 120 valence electrons. The van der Waals surface area contributed by atoms with Gasteiger partial charge in [0.25, 0.3) is 5.91 Å². The van der Waals surface area contributed by atoms with Crippen LogP contribution in [0, 0.1) is 6.92 Å². The van der Waals surface area contributed by atoms with E-state index in [1.807, 2.05) is 25.1 Å². The summed E-state index contributed by atoms with van der Waals surface area (Å²) in [5, 5.41) is 2.57. The van der Waals surface area contributed by atoms with Crippen molar-refractivity contribution in [3.8, 4) is 5.75 Å². The Balaban J connectivity index is 2.17. The van der Waals surface area contributed by atoms with E-state index < -0.39 is 17.7 Å². The van der Waals surface area contributed by atoms with Crippen LogP contribution in [0.25, 0.3) is 0 Å². The predicted octanol–water partition coefficient (Wildman–Crippen LogP) is 2.24. The van der Waals surface area contributed by atoms with Gasteiger partial charge in [-0.3, -0.25) is 4.79 Å². The Bertz CT molecular complexity index is 592. The lowest BCUT2D eigenvalue weighted by atomic mass is 10.1. The molecule has 2 amide bonds. The molecular formula is C16H22N2O4. The van der Waals surface area contributed by atoms with Gasteiger partial charge in [0.15, 0.2) is 0 Å². The van der Waals surface area contributed by atoms with E-state index in [2.05, 4.69) is 5.32 Å². The SMILES string of the molecule is Cc1cccc2c1N(C)C(=O)[C@@H](NC(=O)OC(C)(C)C)CO2. The van der Waals surface area contributed by atoms with Gasteiger partial charge in [0.05, 0.1) is 5.69 Å². The van der Waals surface area contributed by atoms with Crippen molar-refractivity contribution in [2.24, 2.45) is 0 Å². The molecule has 0 unspecified atom stereocenters. The molecule has 0 spiro atoms. The molecule has 1 aromatic rings. The predicted molar refractivity (Wildman–Crippen MR) is 83.2 cm³/mol. The van der Waals surface area contributed by atoms with E-state index in [1.54, 1.807) is 27.8 Å². The van der Waals surface area contributed by atoms with Crippen molar-refractivity contribution in [3.63, 3.8) is 0 Å². The van der Waals surface area contributed by atoms with Crippen LogP contribution in [0.3, 0.4) is 0 Å². The second-order valence-corrected chi connectivity index (χ2v) is 6.33. The van der Waals surface area contributed by atoms with Crippen molar-refractivity contribution >= 4 is 17.7 Å². The fourth-order valence-electron chi connectivity index (χ4n) is 2.32. The topological polar surface area (TPSA) is 67.9 Å². The quantitative estimate of drug-likeness (QED) is 0.864. The van der Waals surface area contributed by atoms with Gasteiger partial charge in [0.1, 0.15) is 24.0 Å². The van der Waals surface area contributed by atoms with Crippen molar-refractivity contribution < 1.29 is 19.1 Å². The first kappa shape index (κ1) is 16.1. The fraction of sp³-hybridized carbons (Fsp3) is 0.500. The molecule has 22 heavy (non-hydrogen) atoms. The summed E-state index contributed by atoms with van der Waals surface area (Å²) in [6.07, 6.45) is -0.634. The Morgan fingerprint density at radius 3 is 2.73 bits per heavy atom. The molecule has 0 radical (unpaired) electrons. The number of aryl methyl sites for hydroxylation is 1. The lowest BCUT2D eigenvalue weighted by Gasteiger charge is -2.24. The fourth-order valence-corrected chi connectivity index (χ4v) is 2.32. The highest BCUT2D eigenvalue weighted by Gasteiger charge is 2.32. The van der Waals surface area contributed by atoms with E-state index in [0.29, 0.717) is 5.75 Å². The Labute approximate surface area is 130 Å². The molecule has 0 aliphatic carbocycles. The number of carbonyl (C=O) groups is 2. The number of alkyl carbamates (subject to hydrolysis) is 1. The molecule has 1 aliphatic rings. The number of rotatable bonds is 1. The Morgan fingerprint density at radius 1 is 1.41 bits per heavy atom. The third kappa shape index (κ3) is 3.50. The van der Waals surface area contributed by atoms with Crippen LogP contribution >= 0.6 is 0 Å². The van der Waals surface area contributed by atoms with Crippen LogP contribution in [0.2, 0.25) is 0 Å². The van der Waals surface area contributed by atoms with Crippen molar-refractivity contribution in [1.82, 2.24) is 5.32 Å². The van der Waals surface area contributed by atoms with Gasteiger partial charge >= 0.3 is 6.09 Å². The highest BCUT2D eigenvalue weighted by atomic mass is 16.6. The summed E-state index contributed by atoms with van der Waals surface area (Å²) in [6, 6.07) is 4.80. The minimum atomic E-state index is -0.786. The maximum Gasteiger partial charge on any atom is 0.408 e. The molecule has 0 saturated carbocycles. The average Bonchev–Trinajstić information content (AvgIpc) is 2.50. The van der Waals surface area contributed by atoms with E-state index >= 15 is 0 Å². The van der Waals surface area contributed by atoms with Gasteiger partial charge in [-0.15, -0.1) is 0 Å². The van der Waals surface area contributed by atoms with Gasteiger partial charge in [0, 0.05) is 7.05 Å². The molecule has 1 atom stereocenters. The summed E-state index contributed by atoms with van der Waals surface area (Å²) in [6.45, 7) is 7.28. The number of hydrogen-bond donors (Lipinski definition) is 1. The lowest BCUT2D eigenvalue weighted by Crippen LogP contribution is -2.50. The summed E-state index contributed by atoms with van der Waals surface area (Å²) >= 11 is 0. The maximum atomic E-state index is 12.5. The summed E-state index contributed by atoms with van der Waals surface area (Å²) in [4.78, 5) is 25.9. The van der Waals surface area contributed by atoms with Crippen molar-refractivity contribution in [1.29, 1.82) is 0 Å². The Hall–Kier alpha value is -2.24. The number of fused-ring (bicyclic) bond motifs is 1. The molecule has 1 N–H and O–H groups in total. The molecule has 0 saturated heterocycles. The lowest BCUT2D eigenvalue weighted by molar-refractivity contribution is -0.120. The molecule has 1 heterocycles. The smallest absolute Gasteiger partial charge is 0.408 e. The van der Waals surface area contributed by atoms with Gasteiger partial charge in [-0.1, -0.05) is 12.1 Å². The van der Waals surface area contributed by atoms with Crippen LogP contribution in [-0.4, -0.2) is 37.3 Å². The second kappa shape index (κ2) is 5.87. The minimum absolute atomic E-state index is 0.0683. The van der Waals surface area contributed by atoms with Crippen LogP contribution in [0.15, 0.2) is 18.2 Å². The first-order chi connectivity index (χ1) is 10.2. The number of benzene rings is 1. The summed E-state index contributed by atoms with van der Waals surface area (Å²) in [5.74, 6) is 0.392. The zero-order valence-corrected chi connectivity index (χ0v) is 13.6. The second-order valence-electron chi connectivity index (χ2n) is 6.33. The molecular weight excluding hydrogens is 284 g/mol. The molecule has 0 aromatic heterocycles. The molecule has 6 nitrogen and oxygen atoms in total. The normalized spacial score (nSPS) is 18.1. The number of ether oxygens (including phenoxy) is 2. The Morgan fingerprint density at radius 2 is 2.09 bits per heavy atom. The highest BCUT2D eigenvalue weighted by Crippen LogP contribution is 2.33. The maximum absolute atomic E-state index is 12.5. The monoisotopic (exact) mass is 306 g/mol. The first-order valence-electron chi connectivity index (χ1n) is 7.18. The van der Waals surface area contributed by atoms with Gasteiger partial charge in [0.2, 0.25) is 0 Å². The zero-order valence-electron chi connectivity index (χ0n) is 13.6. The first-order valence-corrected chi connectivity index (χ1v) is 7.18. The number of amides is 2. The molecule has 2 rings (SSSR count). The average molecular weight is 306 g/mol. The number of likely N-dealkylation sites (N-methyl/N-ethyl adjacent to an activating group) is 1. The van der Waals surface area contributed by atoms with E-state index in [1.165, 1.54) is 4.90 Å². The third-order valence-corrected chi connectivity index (χ3v) is 3.26. The van der Waals surface area contributed by atoms with Crippen molar-refractivity contribution in [2.75, 3.05) is 18.6 Å².